The van der Waals surface area contributed by atoms with Crippen LogP contribution in [-0.4, -0.2) is 27.0 Å². The highest BCUT2D eigenvalue weighted by molar-refractivity contribution is 6.08. The Labute approximate surface area is 150 Å². The first-order chi connectivity index (χ1) is 12.9. The smallest absolute Gasteiger partial charge is 0.280 e. The number of fused-ring (bicyclic) bond motifs is 1. The van der Waals surface area contributed by atoms with Gasteiger partial charge in [-0.25, -0.2) is 13.5 Å². The van der Waals surface area contributed by atoms with Crippen LogP contribution in [0.25, 0.3) is 5.70 Å². The third-order valence-electron chi connectivity index (χ3n) is 4.01. The second kappa shape index (κ2) is 6.16. The number of allylic oxidation sites excluding steroid dienone is 5. The van der Waals surface area contributed by atoms with Crippen LogP contribution in [-0.2, 0) is 0 Å². The lowest BCUT2D eigenvalue weighted by atomic mass is 10.2. The van der Waals surface area contributed by atoms with E-state index in [-0.39, 0.29) is 22.8 Å². The zero-order valence-electron chi connectivity index (χ0n) is 13.5. The Morgan fingerprint density at radius 2 is 1.96 bits per heavy atom. The van der Waals surface area contributed by atoms with Crippen molar-refractivity contribution in [2.24, 2.45) is 0 Å². The highest BCUT2D eigenvalue weighted by Gasteiger charge is 2.29. The van der Waals surface area contributed by atoms with E-state index in [4.69, 9.17) is 0 Å². The van der Waals surface area contributed by atoms with Crippen LogP contribution < -0.4 is 10.6 Å². The Balaban J connectivity index is 1.62. The number of nitrogens with one attached hydrogen (secondary N) is 2. The maximum atomic E-state index is 13.4. The summed E-state index contributed by atoms with van der Waals surface area (Å²) in [4.78, 5) is 22.7. The monoisotopic (exact) mass is 371 g/mol. The second-order valence-electron chi connectivity index (χ2n) is 5.77. The lowest BCUT2D eigenvalue weighted by molar-refractivity contribution is -0.384. The van der Waals surface area contributed by atoms with E-state index in [1.165, 1.54) is 36.5 Å². The highest BCUT2D eigenvalue weighted by Crippen LogP contribution is 2.34. The number of nitro groups is 1. The molecule has 1 aliphatic heterocycles. The third kappa shape index (κ3) is 3.08. The number of hydrogen-bond acceptors (Lipinski definition) is 5. The van der Waals surface area contributed by atoms with Crippen molar-refractivity contribution in [3.05, 3.63) is 75.6 Å². The molecule has 0 fully saturated rings. The van der Waals surface area contributed by atoms with Gasteiger partial charge in [0.25, 0.3) is 18.0 Å². The van der Waals surface area contributed by atoms with Crippen molar-refractivity contribution in [1.82, 2.24) is 9.78 Å². The number of anilines is 2. The molecule has 2 N–H and O–H groups in total. The molecule has 1 aromatic heterocycles. The molecule has 1 amide bonds. The number of carbonyl (C=O) groups excluding carboxylic acids is 1. The maximum Gasteiger partial charge on any atom is 0.280 e. The fourth-order valence-electron chi connectivity index (χ4n) is 2.60. The van der Waals surface area contributed by atoms with E-state index in [1.54, 1.807) is 12.2 Å². The van der Waals surface area contributed by atoms with Crippen molar-refractivity contribution >= 4 is 28.8 Å². The minimum Gasteiger partial charge on any atom is -0.339 e. The van der Waals surface area contributed by atoms with E-state index < -0.39 is 17.3 Å². The molecule has 2 aliphatic rings. The zero-order chi connectivity index (χ0) is 19.1. The van der Waals surface area contributed by atoms with Crippen LogP contribution in [0.5, 0.6) is 0 Å². The molecular weight excluding hydrogens is 360 g/mol. The molecule has 8 nitrogen and oxygen atoms in total. The van der Waals surface area contributed by atoms with Crippen LogP contribution in [0.2, 0.25) is 0 Å². The molecule has 0 radical (unpaired) electrons. The summed E-state index contributed by atoms with van der Waals surface area (Å²) in [5, 5.41) is 20.1. The van der Waals surface area contributed by atoms with Gasteiger partial charge in [0, 0.05) is 23.5 Å². The van der Waals surface area contributed by atoms with Crippen molar-refractivity contribution in [2.45, 2.75) is 6.43 Å². The van der Waals surface area contributed by atoms with Gasteiger partial charge in [-0.05, 0) is 23.8 Å². The predicted molar refractivity (Wildman–Crippen MR) is 93.3 cm³/mol. The topological polar surface area (TPSA) is 102 Å². The molecule has 136 valence electrons. The van der Waals surface area contributed by atoms with E-state index in [2.05, 4.69) is 15.7 Å². The molecule has 4 rings (SSSR count). The van der Waals surface area contributed by atoms with E-state index >= 15 is 0 Å². The number of aromatic nitrogens is 2. The van der Waals surface area contributed by atoms with Crippen molar-refractivity contribution in [2.75, 3.05) is 10.6 Å². The van der Waals surface area contributed by atoms with Crippen LogP contribution in [0, 0.1) is 10.1 Å². The Morgan fingerprint density at radius 1 is 1.26 bits per heavy atom. The first-order valence-corrected chi connectivity index (χ1v) is 7.77. The second-order valence-corrected chi connectivity index (χ2v) is 5.77. The SMILES string of the molecule is O=C(Nc1ccc([N+](=O)[O-])cc1)c1cnn2c1NC(=C1C=C1)C=C2C(F)F. The minimum absolute atomic E-state index is 0.0679. The molecule has 27 heavy (non-hydrogen) atoms. The largest absolute Gasteiger partial charge is 0.339 e. The summed E-state index contributed by atoms with van der Waals surface area (Å²) in [6.45, 7) is 0. The lowest BCUT2D eigenvalue weighted by Crippen LogP contribution is -2.20. The van der Waals surface area contributed by atoms with Crippen molar-refractivity contribution in [3.63, 3.8) is 0 Å². The number of carbonyl (C=O) groups is 1. The molecule has 0 atom stereocenters. The van der Waals surface area contributed by atoms with Crippen molar-refractivity contribution in [1.29, 1.82) is 0 Å². The van der Waals surface area contributed by atoms with Gasteiger partial charge in [0.1, 0.15) is 17.1 Å². The van der Waals surface area contributed by atoms with Gasteiger partial charge in [-0.15, -0.1) is 0 Å². The molecule has 2 aromatic rings. The first-order valence-electron chi connectivity index (χ1n) is 7.77. The van der Waals surface area contributed by atoms with E-state index in [1.807, 2.05) is 0 Å². The average molecular weight is 371 g/mol. The molecule has 0 spiro atoms. The van der Waals surface area contributed by atoms with Crippen LogP contribution in [0.4, 0.5) is 26.0 Å². The predicted octanol–water partition coefficient (Wildman–Crippen LogP) is 3.40. The van der Waals surface area contributed by atoms with Crippen LogP contribution in [0.1, 0.15) is 10.4 Å². The summed E-state index contributed by atoms with van der Waals surface area (Å²) in [5.74, 6) is -0.454. The van der Waals surface area contributed by atoms with Crippen LogP contribution in [0.15, 0.2) is 60.0 Å². The maximum absolute atomic E-state index is 13.4. The van der Waals surface area contributed by atoms with Gasteiger partial charge in [-0.2, -0.15) is 5.10 Å². The minimum atomic E-state index is -2.77. The number of nitro benzene ring substituents is 1. The number of halogens is 2. The van der Waals surface area contributed by atoms with Gasteiger partial charge in [0.05, 0.1) is 11.1 Å². The van der Waals surface area contributed by atoms with Crippen LogP contribution >= 0.6 is 0 Å². The molecule has 1 aliphatic carbocycles. The van der Waals surface area contributed by atoms with E-state index in [0.29, 0.717) is 11.4 Å². The van der Waals surface area contributed by atoms with E-state index in [9.17, 15) is 23.7 Å². The zero-order valence-corrected chi connectivity index (χ0v) is 13.5. The van der Waals surface area contributed by atoms with Gasteiger partial charge in [0.15, 0.2) is 0 Å². The number of non-ortho nitro benzene ring substituents is 1. The number of nitrogens with zero attached hydrogens (tertiary/aromatic N) is 3. The fourth-order valence-corrected chi connectivity index (χ4v) is 2.60. The Hall–Kier alpha value is -3.82. The molecule has 0 bridgehead atoms. The van der Waals surface area contributed by atoms with Gasteiger partial charge in [-0.3, -0.25) is 14.9 Å². The molecule has 0 saturated heterocycles. The van der Waals surface area contributed by atoms with Crippen LogP contribution in [0.3, 0.4) is 0 Å². The number of hydrogen-bond donors (Lipinski definition) is 2. The number of benzene rings is 1. The van der Waals surface area contributed by atoms with Gasteiger partial charge >= 0.3 is 0 Å². The number of amides is 1. The fraction of sp³-hybridized carbons (Fsp3) is 0.0588. The first kappa shape index (κ1) is 16.6. The summed E-state index contributed by atoms with van der Waals surface area (Å²) in [6, 6.07) is 5.26. The van der Waals surface area contributed by atoms with E-state index in [0.717, 1.165) is 10.3 Å². The Kier molecular flexibility index (Phi) is 3.80. The summed E-state index contributed by atoms with van der Waals surface area (Å²) >= 11 is 0. The number of rotatable bonds is 4. The molecule has 10 heteroatoms. The normalized spacial score (nSPS) is 14.6. The molecule has 0 unspecified atom stereocenters. The van der Waals surface area contributed by atoms with Crippen molar-refractivity contribution in [3.8, 4) is 0 Å². The Bertz CT molecular complexity index is 1040. The van der Waals surface area contributed by atoms with Gasteiger partial charge in [-0.1, -0.05) is 12.2 Å². The van der Waals surface area contributed by atoms with Gasteiger partial charge in [0.2, 0.25) is 0 Å². The highest BCUT2D eigenvalue weighted by atomic mass is 19.3. The van der Waals surface area contributed by atoms with Crippen molar-refractivity contribution < 1.29 is 18.5 Å². The van der Waals surface area contributed by atoms with Gasteiger partial charge < -0.3 is 10.6 Å². The molecular formula is C17H11F2N5O3. The molecule has 2 heterocycles. The Morgan fingerprint density at radius 3 is 2.56 bits per heavy atom. The number of alkyl halides is 2. The standard InChI is InChI=1S/C17H11F2N5O3/c18-15(19)14-7-13(9-1-2-9)22-16-12(8-20-23(14)16)17(25)21-10-3-5-11(6-4-10)24(26)27/h1-8,15,22H,(H,21,25). The summed E-state index contributed by atoms with van der Waals surface area (Å²) in [7, 11) is 0. The molecule has 0 saturated carbocycles. The molecule has 1 aromatic carbocycles. The average Bonchev–Trinajstić information content (AvgIpc) is 3.40. The summed E-state index contributed by atoms with van der Waals surface area (Å²) in [5.41, 5.74) is 1.17. The lowest BCUT2D eigenvalue weighted by Gasteiger charge is -2.20. The third-order valence-corrected chi connectivity index (χ3v) is 4.01. The quantitative estimate of drug-likeness (QED) is 0.633. The summed E-state index contributed by atoms with van der Waals surface area (Å²) in [6.07, 6.45) is 3.21. The summed E-state index contributed by atoms with van der Waals surface area (Å²) < 4.78 is 27.7.